The van der Waals surface area contributed by atoms with Crippen LogP contribution in [0.2, 0.25) is 5.02 Å². The number of carbonyl (C=O) groups excluding carboxylic acids is 1. The van der Waals surface area contributed by atoms with Gasteiger partial charge in [0.2, 0.25) is 0 Å². The summed E-state index contributed by atoms with van der Waals surface area (Å²) in [5, 5.41) is 12.9. The van der Waals surface area contributed by atoms with Gasteiger partial charge >= 0.3 is 12.0 Å². The van der Waals surface area contributed by atoms with Gasteiger partial charge in [0.25, 0.3) is 0 Å². The lowest BCUT2D eigenvalue weighted by Gasteiger charge is -2.45. The fourth-order valence-corrected chi connectivity index (χ4v) is 5.23. The number of nitrogens with zero attached hydrogens (tertiary/aromatic N) is 1. The zero-order valence-electron chi connectivity index (χ0n) is 19.1. The van der Waals surface area contributed by atoms with Crippen LogP contribution >= 0.6 is 11.6 Å². The average Bonchev–Trinajstić information content (AvgIpc) is 2.68. The van der Waals surface area contributed by atoms with Gasteiger partial charge in [0.1, 0.15) is 0 Å². The lowest BCUT2D eigenvalue weighted by Crippen LogP contribution is -2.56. The van der Waals surface area contributed by atoms with Gasteiger partial charge in [-0.2, -0.15) is 0 Å². The zero-order valence-corrected chi connectivity index (χ0v) is 19.9. The average molecular weight is 447 g/mol. The first-order valence-corrected chi connectivity index (χ1v) is 11.7. The number of benzene rings is 1. The van der Waals surface area contributed by atoms with Gasteiger partial charge in [-0.15, -0.1) is 0 Å². The van der Waals surface area contributed by atoms with Crippen molar-refractivity contribution >= 4 is 23.6 Å². The monoisotopic (exact) mass is 446 g/mol. The van der Waals surface area contributed by atoms with E-state index >= 15 is 0 Å². The molecule has 2 N–H and O–H groups in total. The SMILES string of the molecule is CC(C)(C)C1=CN(CCC(=O)O)C(=O)N[C@@]1(C)c1ccc(CC2CCCCC2)c(Cl)c1. The molecular formula is C25H35ClN2O3. The smallest absolute Gasteiger partial charge is 0.322 e. The minimum atomic E-state index is -0.924. The molecule has 2 amide bonds. The van der Waals surface area contributed by atoms with E-state index in [1.54, 1.807) is 0 Å². The molecule has 1 aliphatic heterocycles. The van der Waals surface area contributed by atoms with Crippen molar-refractivity contribution < 1.29 is 14.7 Å². The molecule has 1 fully saturated rings. The summed E-state index contributed by atoms with van der Waals surface area (Å²) in [6.07, 6.45) is 9.24. The Morgan fingerprint density at radius 1 is 1.26 bits per heavy atom. The summed E-state index contributed by atoms with van der Waals surface area (Å²) in [6, 6.07) is 5.89. The Bertz CT molecular complexity index is 868. The number of carbonyl (C=O) groups is 2. The van der Waals surface area contributed by atoms with Crippen molar-refractivity contribution in [3.8, 4) is 0 Å². The molecule has 1 aromatic rings. The van der Waals surface area contributed by atoms with Crippen molar-refractivity contribution in [2.24, 2.45) is 11.3 Å². The van der Waals surface area contributed by atoms with Gasteiger partial charge in [-0.25, -0.2) is 4.79 Å². The number of rotatable bonds is 6. The molecule has 0 bridgehead atoms. The third-order valence-electron chi connectivity index (χ3n) is 6.68. The lowest BCUT2D eigenvalue weighted by atomic mass is 9.71. The summed E-state index contributed by atoms with van der Waals surface area (Å²) in [4.78, 5) is 25.3. The number of nitrogens with one attached hydrogen (secondary N) is 1. The predicted octanol–water partition coefficient (Wildman–Crippen LogP) is 6.11. The number of urea groups is 1. The Morgan fingerprint density at radius 3 is 2.52 bits per heavy atom. The molecule has 0 unspecified atom stereocenters. The Morgan fingerprint density at radius 2 is 1.94 bits per heavy atom. The number of carboxylic acid groups (broad SMARTS) is 1. The number of carboxylic acids is 1. The van der Waals surface area contributed by atoms with E-state index in [0.717, 1.165) is 22.6 Å². The maximum atomic E-state index is 12.8. The molecule has 0 saturated heterocycles. The van der Waals surface area contributed by atoms with Gasteiger partial charge in [0.15, 0.2) is 0 Å². The van der Waals surface area contributed by atoms with Crippen molar-refractivity contribution in [1.29, 1.82) is 0 Å². The zero-order chi connectivity index (χ0) is 22.8. The van der Waals surface area contributed by atoms with E-state index in [9.17, 15) is 9.59 Å². The Balaban J connectivity index is 1.91. The van der Waals surface area contributed by atoms with Crippen molar-refractivity contribution in [2.75, 3.05) is 6.54 Å². The highest BCUT2D eigenvalue weighted by Gasteiger charge is 2.43. The molecule has 6 heteroatoms. The normalized spacial score (nSPS) is 22.8. The molecule has 31 heavy (non-hydrogen) atoms. The van der Waals surface area contributed by atoms with Crippen LogP contribution in [-0.2, 0) is 16.8 Å². The van der Waals surface area contributed by atoms with E-state index in [-0.39, 0.29) is 24.4 Å². The third kappa shape index (κ3) is 5.43. The molecule has 1 saturated carbocycles. The minimum Gasteiger partial charge on any atom is -0.481 e. The number of hydrogen-bond acceptors (Lipinski definition) is 2. The molecule has 3 rings (SSSR count). The standard InChI is InChI=1S/C25H35ClN2O3/c1-24(2,3)21-16-28(13-12-22(29)30)23(31)27-25(21,4)19-11-10-18(20(26)15-19)14-17-8-6-5-7-9-17/h10-11,15-17H,5-9,12-14H2,1-4H3,(H,27,31)(H,29,30)/t25-/m0/s1. The van der Waals surface area contributed by atoms with E-state index in [0.29, 0.717) is 5.92 Å². The Kier molecular flexibility index (Phi) is 7.04. The Hall–Kier alpha value is -2.01. The van der Waals surface area contributed by atoms with Crippen LogP contribution in [0.5, 0.6) is 0 Å². The molecule has 170 valence electrons. The second kappa shape index (κ2) is 9.23. The second-order valence-electron chi connectivity index (χ2n) is 10.2. The van der Waals surface area contributed by atoms with Crippen molar-refractivity contribution in [3.05, 3.63) is 46.1 Å². The quantitative estimate of drug-likeness (QED) is 0.554. The maximum Gasteiger partial charge on any atom is 0.322 e. The molecule has 1 heterocycles. The summed E-state index contributed by atoms with van der Waals surface area (Å²) in [5.41, 5.74) is 2.17. The van der Waals surface area contributed by atoms with Crippen LogP contribution in [0.4, 0.5) is 4.79 Å². The third-order valence-corrected chi connectivity index (χ3v) is 7.03. The number of aliphatic carboxylic acids is 1. The van der Waals surface area contributed by atoms with E-state index in [4.69, 9.17) is 16.7 Å². The summed E-state index contributed by atoms with van der Waals surface area (Å²) in [5.74, 6) is -0.220. The van der Waals surface area contributed by atoms with Gasteiger partial charge in [0.05, 0.1) is 12.0 Å². The fourth-order valence-electron chi connectivity index (χ4n) is 4.98. The molecule has 0 spiro atoms. The van der Waals surface area contributed by atoms with Gasteiger partial charge < -0.3 is 15.3 Å². The lowest BCUT2D eigenvalue weighted by molar-refractivity contribution is -0.137. The van der Waals surface area contributed by atoms with E-state index in [1.165, 1.54) is 42.6 Å². The van der Waals surface area contributed by atoms with E-state index in [2.05, 4.69) is 38.2 Å². The molecular weight excluding hydrogens is 412 g/mol. The van der Waals surface area contributed by atoms with Crippen LogP contribution in [0, 0.1) is 11.3 Å². The highest BCUT2D eigenvalue weighted by atomic mass is 35.5. The maximum absolute atomic E-state index is 12.8. The summed E-state index contributed by atoms with van der Waals surface area (Å²) >= 11 is 6.73. The topological polar surface area (TPSA) is 69.6 Å². The highest BCUT2D eigenvalue weighted by molar-refractivity contribution is 6.31. The van der Waals surface area contributed by atoms with Crippen LogP contribution in [0.15, 0.2) is 30.0 Å². The van der Waals surface area contributed by atoms with Crippen molar-refractivity contribution in [3.63, 3.8) is 0 Å². The summed E-state index contributed by atoms with van der Waals surface area (Å²) < 4.78 is 0. The van der Waals surface area contributed by atoms with Crippen molar-refractivity contribution in [2.45, 2.75) is 78.2 Å². The van der Waals surface area contributed by atoms with Crippen LogP contribution < -0.4 is 5.32 Å². The molecule has 0 aromatic heterocycles. The molecule has 0 radical (unpaired) electrons. The number of halogens is 1. The van der Waals surface area contributed by atoms with Gasteiger partial charge in [0, 0.05) is 17.8 Å². The van der Waals surface area contributed by atoms with Crippen molar-refractivity contribution in [1.82, 2.24) is 10.2 Å². The van der Waals surface area contributed by atoms with Crippen LogP contribution in [0.3, 0.4) is 0 Å². The first kappa shape index (κ1) is 23.6. The van der Waals surface area contributed by atoms with E-state index in [1.807, 2.05) is 19.2 Å². The van der Waals surface area contributed by atoms with Crippen LogP contribution in [-0.4, -0.2) is 28.6 Å². The second-order valence-corrected chi connectivity index (χ2v) is 10.6. The van der Waals surface area contributed by atoms with Gasteiger partial charge in [-0.05, 0) is 47.4 Å². The molecule has 1 aromatic carbocycles. The molecule has 2 aliphatic rings. The Labute approximate surface area is 190 Å². The van der Waals surface area contributed by atoms with Gasteiger partial charge in [-0.3, -0.25) is 4.79 Å². The number of amides is 2. The number of hydrogen-bond donors (Lipinski definition) is 2. The summed E-state index contributed by atoms with van der Waals surface area (Å²) in [7, 11) is 0. The molecule has 5 nitrogen and oxygen atoms in total. The fraction of sp³-hybridized carbons (Fsp3) is 0.600. The molecule has 1 atom stereocenters. The first-order valence-electron chi connectivity index (χ1n) is 11.3. The predicted molar refractivity (Wildman–Crippen MR) is 124 cm³/mol. The summed E-state index contributed by atoms with van der Waals surface area (Å²) in [6.45, 7) is 8.44. The van der Waals surface area contributed by atoms with Gasteiger partial charge in [-0.1, -0.05) is 76.6 Å². The van der Waals surface area contributed by atoms with E-state index < -0.39 is 11.5 Å². The largest absolute Gasteiger partial charge is 0.481 e. The first-order chi connectivity index (χ1) is 14.5. The molecule has 1 aliphatic carbocycles. The minimum absolute atomic E-state index is 0.0975. The highest BCUT2D eigenvalue weighted by Crippen LogP contribution is 2.43. The van der Waals surface area contributed by atoms with Crippen LogP contribution in [0.25, 0.3) is 0 Å². The van der Waals surface area contributed by atoms with Crippen LogP contribution in [0.1, 0.15) is 77.3 Å².